The van der Waals surface area contributed by atoms with Gasteiger partial charge in [-0.05, 0) is 48.9 Å². The fourth-order valence-corrected chi connectivity index (χ4v) is 3.63. The number of phenols is 1. The Hall–Kier alpha value is -2.80. The van der Waals surface area contributed by atoms with Gasteiger partial charge < -0.3 is 9.84 Å². The summed E-state index contributed by atoms with van der Waals surface area (Å²) < 4.78 is 7.06. The van der Waals surface area contributed by atoms with E-state index >= 15 is 0 Å². The molecule has 0 amide bonds. The van der Waals surface area contributed by atoms with Gasteiger partial charge in [-0.1, -0.05) is 23.9 Å². The van der Waals surface area contributed by atoms with Crippen molar-refractivity contribution in [2.45, 2.75) is 17.3 Å². The first kappa shape index (κ1) is 15.7. The molecule has 1 N–H and O–H groups in total. The molecular formula is C18H16N4O2S. The molecule has 0 saturated heterocycles. The second-order valence-corrected chi connectivity index (χ2v) is 6.95. The predicted molar refractivity (Wildman–Crippen MR) is 97.4 cm³/mol. The van der Waals surface area contributed by atoms with Crippen LogP contribution in [0.4, 0.5) is 0 Å². The van der Waals surface area contributed by atoms with E-state index in [1.807, 2.05) is 36.4 Å². The third kappa shape index (κ3) is 2.87. The van der Waals surface area contributed by atoms with E-state index < -0.39 is 0 Å². The van der Waals surface area contributed by atoms with Gasteiger partial charge in [0.1, 0.15) is 11.5 Å². The van der Waals surface area contributed by atoms with Crippen LogP contribution >= 0.6 is 11.8 Å². The highest BCUT2D eigenvalue weighted by molar-refractivity contribution is 8.00. The van der Waals surface area contributed by atoms with Gasteiger partial charge >= 0.3 is 0 Å². The molecule has 0 fully saturated rings. The maximum atomic E-state index is 9.51. The highest BCUT2D eigenvalue weighted by Crippen LogP contribution is 2.33. The third-order valence-electron chi connectivity index (χ3n) is 3.98. The Morgan fingerprint density at radius 2 is 1.88 bits per heavy atom. The van der Waals surface area contributed by atoms with E-state index in [0.717, 1.165) is 27.7 Å². The minimum atomic E-state index is 0.138. The van der Waals surface area contributed by atoms with Gasteiger partial charge in [0.25, 0.3) is 0 Å². The summed E-state index contributed by atoms with van der Waals surface area (Å²) in [5.41, 5.74) is 2.78. The molecule has 0 unspecified atom stereocenters. The largest absolute Gasteiger partial charge is 0.508 e. The van der Waals surface area contributed by atoms with Crippen LogP contribution in [0.15, 0.2) is 58.8 Å². The summed E-state index contributed by atoms with van der Waals surface area (Å²) in [6.07, 6.45) is 0. The Kier molecular flexibility index (Phi) is 3.93. The van der Waals surface area contributed by atoms with E-state index in [-0.39, 0.29) is 11.0 Å². The summed E-state index contributed by atoms with van der Waals surface area (Å²) in [5.74, 6) is 1.67. The number of ether oxygens (including phenoxy) is 1. The average molecular weight is 352 g/mol. The molecule has 126 valence electrons. The van der Waals surface area contributed by atoms with E-state index in [9.17, 15) is 5.11 Å². The maximum Gasteiger partial charge on any atom is 0.213 e. The number of fused-ring (bicyclic) bond motifs is 1. The van der Waals surface area contributed by atoms with Crippen molar-refractivity contribution in [2.75, 3.05) is 7.11 Å². The minimum Gasteiger partial charge on any atom is -0.508 e. The van der Waals surface area contributed by atoms with E-state index in [4.69, 9.17) is 9.84 Å². The van der Waals surface area contributed by atoms with Crippen LogP contribution in [-0.4, -0.2) is 38.1 Å². The lowest BCUT2D eigenvalue weighted by Gasteiger charge is -2.20. The Bertz CT molecular complexity index is 950. The quantitative estimate of drug-likeness (QED) is 0.782. The zero-order valence-electron chi connectivity index (χ0n) is 13.7. The van der Waals surface area contributed by atoms with Gasteiger partial charge in [0.05, 0.1) is 18.1 Å². The maximum absolute atomic E-state index is 9.51. The van der Waals surface area contributed by atoms with Crippen LogP contribution in [0, 0.1) is 0 Å². The average Bonchev–Trinajstić information content (AvgIpc) is 3.04. The number of benzene rings is 2. The molecule has 3 aromatic rings. The Morgan fingerprint density at radius 1 is 1.08 bits per heavy atom. The molecular weight excluding hydrogens is 336 g/mol. The van der Waals surface area contributed by atoms with Gasteiger partial charge in [0.15, 0.2) is 5.82 Å². The normalized spacial score (nSPS) is 16.2. The van der Waals surface area contributed by atoms with Crippen molar-refractivity contribution >= 4 is 17.5 Å². The molecule has 1 aromatic heterocycles. The first-order valence-corrected chi connectivity index (χ1v) is 8.68. The van der Waals surface area contributed by atoms with Crippen molar-refractivity contribution < 1.29 is 9.84 Å². The number of aromatic nitrogens is 3. The Labute approximate surface area is 149 Å². The van der Waals surface area contributed by atoms with E-state index in [1.165, 1.54) is 0 Å². The van der Waals surface area contributed by atoms with Crippen molar-refractivity contribution in [3.05, 3.63) is 54.1 Å². The molecule has 7 heteroatoms. The molecule has 1 aliphatic rings. The number of aromatic hydroxyl groups is 1. The number of hydrogen-bond acceptors (Lipinski definition) is 6. The van der Waals surface area contributed by atoms with Gasteiger partial charge in [-0.15, -0.1) is 10.2 Å². The molecule has 25 heavy (non-hydrogen) atoms. The lowest BCUT2D eigenvalue weighted by molar-refractivity contribution is 0.415. The highest BCUT2D eigenvalue weighted by Gasteiger charge is 2.26. The van der Waals surface area contributed by atoms with Crippen LogP contribution in [0.25, 0.3) is 11.4 Å². The smallest absolute Gasteiger partial charge is 0.213 e. The van der Waals surface area contributed by atoms with Crippen LogP contribution < -0.4 is 4.74 Å². The molecule has 2 aromatic carbocycles. The van der Waals surface area contributed by atoms with E-state index in [2.05, 4.69) is 17.1 Å². The molecule has 1 aliphatic heterocycles. The predicted octanol–water partition coefficient (Wildman–Crippen LogP) is 3.41. The summed E-state index contributed by atoms with van der Waals surface area (Å²) in [4.78, 5) is 0. The van der Waals surface area contributed by atoms with Gasteiger partial charge in [-0.25, -0.2) is 0 Å². The Morgan fingerprint density at radius 3 is 2.64 bits per heavy atom. The standard InChI is InChI=1S/C18H16N4O2S/c1-11-16(12-6-8-14(23)9-7-12)21-22-17(19-20-18(22)25-11)13-4-3-5-15(10-13)24-2/h3-11,23H,1-2H3/t11-/m1/s1. The van der Waals surface area contributed by atoms with E-state index in [0.29, 0.717) is 5.82 Å². The topological polar surface area (TPSA) is 72.5 Å². The van der Waals surface area contributed by atoms with Crippen LogP contribution in [-0.2, 0) is 0 Å². The summed E-state index contributed by atoms with van der Waals surface area (Å²) in [6.45, 7) is 2.08. The summed E-state index contributed by atoms with van der Waals surface area (Å²) in [6, 6.07) is 14.7. The van der Waals surface area contributed by atoms with E-state index in [1.54, 1.807) is 35.7 Å². The van der Waals surface area contributed by atoms with Gasteiger partial charge in [0.2, 0.25) is 5.16 Å². The molecule has 0 bridgehead atoms. The Balaban J connectivity index is 1.81. The van der Waals surface area contributed by atoms with Crippen molar-refractivity contribution in [1.29, 1.82) is 0 Å². The first-order valence-electron chi connectivity index (χ1n) is 7.80. The molecule has 4 rings (SSSR count). The number of methoxy groups -OCH3 is 1. The number of thioether (sulfide) groups is 1. The van der Waals surface area contributed by atoms with Gasteiger partial charge in [-0.3, -0.25) is 0 Å². The van der Waals surface area contributed by atoms with Crippen molar-refractivity contribution in [3.8, 4) is 22.9 Å². The van der Waals surface area contributed by atoms with Gasteiger partial charge in [0, 0.05) is 5.56 Å². The van der Waals surface area contributed by atoms with Gasteiger partial charge in [-0.2, -0.15) is 9.78 Å². The third-order valence-corrected chi connectivity index (χ3v) is 5.02. The lowest BCUT2D eigenvalue weighted by Crippen LogP contribution is -2.21. The number of hydrogen-bond donors (Lipinski definition) is 1. The number of phenolic OH excluding ortho intramolecular Hbond substituents is 1. The van der Waals surface area contributed by atoms with Crippen molar-refractivity contribution in [1.82, 2.24) is 14.9 Å². The molecule has 0 saturated carbocycles. The molecule has 1 atom stereocenters. The summed E-state index contributed by atoms with van der Waals surface area (Å²) >= 11 is 1.61. The number of nitrogens with zero attached hydrogens (tertiary/aromatic N) is 4. The van der Waals surface area contributed by atoms with Crippen molar-refractivity contribution in [3.63, 3.8) is 0 Å². The first-order chi connectivity index (χ1) is 12.2. The fraction of sp³-hybridized carbons (Fsp3) is 0.167. The molecule has 0 radical (unpaired) electrons. The summed E-state index contributed by atoms with van der Waals surface area (Å²) in [7, 11) is 1.64. The molecule has 0 aliphatic carbocycles. The monoisotopic (exact) mass is 352 g/mol. The summed E-state index contributed by atoms with van der Waals surface area (Å²) in [5, 5.41) is 23.8. The molecule has 6 nitrogen and oxygen atoms in total. The molecule has 0 spiro atoms. The zero-order chi connectivity index (χ0) is 17.4. The lowest BCUT2D eigenvalue weighted by atomic mass is 10.1. The second kappa shape index (κ2) is 6.25. The van der Waals surface area contributed by atoms with Crippen LogP contribution in [0.2, 0.25) is 0 Å². The van der Waals surface area contributed by atoms with Crippen molar-refractivity contribution in [2.24, 2.45) is 5.10 Å². The molecule has 2 heterocycles. The second-order valence-electron chi connectivity index (χ2n) is 5.64. The van der Waals surface area contributed by atoms with Crippen LogP contribution in [0.1, 0.15) is 12.5 Å². The highest BCUT2D eigenvalue weighted by atomic mass is 32.2. The fourth-order valence-electron chi connectivity index (χ4n) is 2.70. The van der Waals surface area contributed by atoms with Crippen LogP contribution in [0.5, 0.6) is 11.5 Å². The minimum absolute atomic E-state index is 0.138. The SMILES string of the molecule is COc1cccc(-c2nnc3n2N=C(c2ccc(O)cc2)[C@@H](C)S3)c1. The number of rotatable bonds is 3. The zero-order valence-corrected chi connectivity index (χ0v) is 14.6. The van der Waals surface area contributed by atoms with Crippen LogP contribution in [0.3, 0.4) is 0 Å².